The molecule has 1 aromatic heterocycles. The molecule has 1 aliphatic heterocycles. The molecule has 0 bridgehead atoms. The second-order valence-electron chi connectivity index (χ2n) is 7.18. The van der Waals surface area contributed by atoms with E-state index in [0.717, 1.165) is 41.7 Å². The van der Waals surface area contributed by atoms with E-state index in [1.807, 2.05) is 23.1 Å². The van der Waals surface area contributed by atoms with Gasteiger partial charge in [0.05, 0.1) is 6.54 Å². The molecule has 2 heterocycles. The van der Waals surface area contributed by atoms with Crippen molar-refractivity contribution in [3.8, 4) is 0 Å². The topological polar surface area (TPSA) is 69.9 Å². The van der Waals surface area contributed by atoms with Crippen LogP contribution in [0.4, 0.5) is 0 Å². The van der Waals surface area contributed by atoms with Crippen LogP contribution in [0.2, 0.25) is 0 Å². The molecule has 1 aromatic carbocycles. The van der Waals surface area contributed by atoms with Gasteiger partial charge in [-0.05, 0) is 39.2 Å². The Bertz CT molecular complexity index is 818. The average molecular weight is 498 g/mol. The summed E-state index contributed by atoms with van der Waals surface area (Å²) in [4.78, 5) is 18.7. The fraction of sp³-hybridized carbons (Fsp3) is 0.524. The zero-order valence-corrected chi connectivity index (χ0v) is 19.3. The predicted octanol–water partition coefficient (Wildman–Crippen LogP) is 3.82. The number of piperidine rings is 1. The van der Waals surface area contributed by atoms with Crippen molar-refractivity contribution >= 4 is 46.8 Å². The van der Waals surface area contributed by atoms with Gasteiger partial charge in [0.25, 0.3) is 0 Å². The Morgan fingerprint density at radius 1 is 1.29 bits per heavy atom. The van der Waals surface area contributed by atoms with Gasteiger partial charge in [-0.3, -0.25) is 9.79 Å². The number of aryl methyl sites for hydroxylation is 1. The third kappa shape index (κ3) is 5.40. The maximum atomic E-state index is 12.4. The number of aliphatic imine (C=N–C) groups is 1. The highest BCUT2D eigenvalue weighted by molar-refractivity contribution is 14.0. The van der Waals surface area contributed by atoms with E-state index in [0.29, 0.717) is 31.5 Å². The summed E-state index contributed by atoms with van der Waals surface area (Å²) < 4.78 is 5.92. The van der Waals surface area contributed by atoms with Crippen LogP contribution in [0.1, 0.15) is 43.9 Å². The highest BCUT2D eigenvalue weighted by atomic mass is 127. The Morgan fingerprint density at radius 2 is 2.07 bits per heavy atom. The van der Waals surface area contributed by atoms with E-state index in [9.17, 15) is 4.79 Å². The van der Waals surface area contributed by atoms with Gasteiger partial charge in [0.2, 0.25) is 5.91 Å². The van der Waals surface area contributed by atoms with Crippen LogP contribution >= 0.6 is 24.0 Å². The number of benzene rings is 1. The van der Waals surface area contributed by atoms with Crippen molar-refractivity contribution < 1.29 is 9.21 Å². The summed E-state index contributed by atoms with van der Waals surface area (Å²) in [6.45, 7) is 6.22. The third-order valence-electron chi connectivity index (χ3n) is 5.34. The summed E-state index contributed by atoms with van der Waals surface area (Å²) in [5.41, 5.74) is 2.04. The first-order valence-electron chi connectivity index (χ1n) is 9.81. The van der Waals surface area contributed by atoms with Gasteiger partial charge in [0.15, 0.2) is 5.96 Å². The lowest BCUT2D eigenvalue weighted by Gasteiger charge is -2.33. The van der Waals surface area contributed by atoms with E-state index in [4.69, 9.17) is 4.42 Å². The number of hydrogen-bond acceptors (Lipinski definition) is 3. The predicted molar refractivity (Wildman–Crippen MR) is 124 cm³/mol. The quantitative estimate of drug-likeness (QED) is 0.374. The average Bonchev–Trinajstić information content (AvgIpc) is 3.01. The largest absolute Gasteiger partial charge is 0.459 e. The molecule has 1 unspecified atom stereocenters. The lowest BCUT2D eigenvalue weighted by molar-refractivity contribution is -0.134. The van der Waals surface area contributed by atoms with E-state index >= 15 is 0 Å². The highest BCUT2D eigenvalue weighted by Crippen LogP contribution is 2.24. The Balaban J connectivity index is 0.00000280. The molecule has 6 nitrogen and oxygen atoms in total. The zero-order valence-electron chi connectivity index (χ0n) is 17.0. The molecule has 28 heavy (non-hydrogen) atoms. The summed E-state index contributed by atoms with van der Waals surface area (Å²) >= 11 is 0. The van der Waals surface area contributed by atoms with Gasteiger partial charge in [-0.2, -0.15) is 0 Å². The van der Waals surface area contributed by atoms with Crippen LogP contribution in [0.3, 0.4) is 0 Å². The maximum absolute atomic E-state index is 12.4. The molecule has 0 spiro atoms. The van der Waals surface area contributed by atoms with Crippen LogP contribution in [0, 0.1) is 6.92 Å². The first kappa shape index (κ1) is 22.5. The SMILES string of the molecule is CN=C(NCCC(=O)N1CCCCC1C)NCc1oc2ccccc2c1C.I. The standard InChI is InChI=1S/C21H30N4O2.HI/c1-15-8-6-7-13-25(15)20(26)11-12-23-21(22-3)24-14-19-16(2)17-9-4-5-10-18(17)27-19;/h4-5,9-10,15H,6-8,11-14H2,1-3H3,(H2,22,23,24);1H. The lowest BCUT2D eigenvalue weighted by atomic mass is 10.0. The summed E-state index contributed by atoms with van der Waals surface area (Å²) in [6.07, 6.45) is 3.93. The highest BCUT2D eigenvalue weighted by Gasteiger charge is 2.22. The van der Waals surface area contributed by atoms with E-state index < -0.39 is 0 Å². The fourth-order valence-electron chi connectivity index (χ4n) is 3.68. The number of nitrogens with one attached hydrogen (secondary N) is 2. The van der Waals surface area contributed by atoms with Gasteiger partial charge in [-0.25, -0.2) is 0 Å². The van der Waals surface area contributed by atoms with E-state index in [1.54, 1.807) is 7.05 Å². The minimum atomic E-state index is 0. The number of amides is 1. The van der Waals surface area contributed by atoms with Crippen molar-refractivity contribution in [3.63, 3.8) is 0 Å². The van der Waals surface area contributed by atoms with Crippen molar-refractivity contribution in [1.82, 2.24) is 15.5 Å². The van der Waals surface area contributed by atoms with Crippen LogP contribution in [-0.4, -0.2) is 42.9 Å². The van der Waals surface area contributed by atoms with Crippen molar-refractivity contribution in [2.75, 3.05) is 20.1 Å². The molecule has 2 N–H and O–H groups in total. The lowest BCUT2D eigenvalue weighted by Crippen LogP contribution is -2.44. The van der Waals surface area contributed by atoms with E-state index in [1.165, 1.54) is 6.42 Å². The summed E-state index contributed by atoms with van der Waals surface area (Å²) in [5.74, 6) is 1.80. The molecule has 1 aliphatic rings. The summed E-state index contributed by atoms with van der Waals surface area (Å²) in [5, 5.41) is 7.63. The van der Waals surface area contributed by atoms with Crippen molar-refractivity contribution in [2.45, 2.75) is 52.1 Å². The Hall–Kier alpha value is -1.77. The smallest absolute Gasteiger partial charge is 0.224 e. The number of furan rings is 1. The van der Waals surface area contributed by atoms with Crippen LogP contribution in [0.15, 0.2) is 33.7 Å². The minimum Gasteiger partial charge on any atom is -0.459 e. The first-order valence-corrected chi connectivity index (χ1v) is 9.81. The number of para-hydroxylation sites is 1. The second-order valence-corrected chi connectivity index (χ2v) is 7.18. The van der Waals surface area contributed by atoms with Gasteiger partial charge in [-0.15, -0.1) is 24.0 Å². The molecule has 1 atom stereocenters. The number of carbonyl (C=O) groups excluding carboxylic acids is 1. The number of rotatable bonds is 5. The normalized spacial score (nSPS) is 17.3. The number of hydrogen-bond donors (Lipinski definition) is 2. The monoisotopic (exact) mass is 498 g/mol. The third-order valence-corrected chi connectivity index (χ3v) is 5.34. The molecule has 1 saturated heterocycles. The van der Waals surface area contributed by atoms with Crippen LogP contribution in [-0.2, 0) is 11.3 Å². The molecule has 3 rings (SSSR count). The van der Waals surface area contributed by atoms with E-state index in [2.05, 4.69) is 35.5 Å². The van der Waals surface area contributed by atoms with Crippen LogP contribution in [0.25, 0.3) is 11.0 Å². The Labute approximate surface area is 184 Å². The number of fused-ring (bicyclic) bond motifs is 1. The van der Waals surface area contributed by atoms with Crippen molar-refractivity contribution in [2.24, 2.45) is 4.99 Å². The van der Waals surface area contributed by atoms with Crippen LogP contribution < -0.4 is 10.6 Å². The van der Waals surface area contributed by atoms with Crippen LogP contribution in [0.5, 0.6) is 0 Å². The molecule has 7 heteroatoms. The Morgan fingerprint density at radius 3 is 2.79 bits per heavy atom. The zero-order chi connectivity index (χ0) is 19.2. The summed E-state index contributed by atoms with van der Waals surface area (Å²) in [7, 11) is 1.73. The summed E-state index contributed by atoms with van der Waals surface area (Å²) in [6, 6.07) is 8.40. The number of likely N-dealkylation sites (tertiary alicyclic amines) is 1. The molecule has 1 fully saturated rings. The molecule has 2 aromatic rings. The molecule has 0 aliphatic carbocycles. The number of halogens is 1. The number of guanidine groups is 1. The maximum Gasteiger partial charge on any atom is 0.224 e. The molecular formula is C21H31IN4O2. The first-order chi connectivity index (χ1) is 13.1. The number of nitrogens with zero attached hydrogens (tertiary/aromatic N) is 2. The number of carbonyl (C=O) groups is 1. The van der Waals surface area contributed by atoms with Crippen molar-refractivity contribution in [1.29, 1.82) is 0 Å². The van der Waals surface area contributed by atoms with Gasteiger partial charge in [0, 0.05) is 43.5 Å². The van der Waals surface area contributed by atoms with Gasteiger partial charge in [0.1, 0.15) is 11.3 Å². The molecule has 0 saturated carbocycles. The van der Waals surface area contributed by atoms with Crippen molar-refractivity contribution in [3.05, 3.63) is 35.6 Å². The second kappa shape index (κ2) is 10.7. The minimum absolute atomic E-state index is 0. The molecule has 1 amide bonds. The molecule has 0 radical (unpaired) electrons. The van der Waals surface area contributed by atoms with Gasteiger partial charge < -0.3 is 20.0 Å². The molecule has 154 valence electrons. The fourth-order valence-corrected chi connectivity index (χ4v) is 3.68. The van der Waals surface area contributed by atoms with E-state index in [-0.39, 0.29) is 29.9 Å². The Kier molecular flexibility index (Phi) is 8.59. The van der Waals surface area contributed by atoms with Gasteiger partial charge >= 0.3 is 0 Å². The molecular weight excluding hydrogens is 467 g/mol. The van der Waals surface area contributed by atoms with Gasteiger partial charge in [-0.1, -0.05) is 18.2 Å².